The first-order valence-electron chi connectivity index (χ1n) is 17.6. The molecule has 7 nitrogen and oxygen atoms in total. The summed E-state index contributed by atoms with van der Waals surface area (Å²) in [5, 5.41) is 0. The normalized spacial score (nSPS) is 18.7. The van der Waals surface area contributed by atoms with E-state index in [2.05, 4.69) is 0 Å². The molecule has 8 rings (SSSR count). The number of ketones is 5. The molecule has 0 N–H and O–H groups in total. The molecule has 54 heavy (non-hydrogen) atoms. The van der Waals surface area contributed by atoms with Gasteiger partial charge in [-0.25, -0.2) is 0 Å². The van der Waals surface area contributed by atoms with Gasteiger partial charge in [0.05, 0.1) is 17.8 Å². The van der Waals surface area contributed by atoms with E-state index in [1.807, 2.05) is 60.7 Å². The summed E-state index contributed by atoms with van der Waals surface area (Å²) < 4.78 is 5.44. The first-order valence-corrected chi connectivity index (χ1v) is 17.6. The third-order valence-electron chi connectivity index (χ3n) is 9.85. The summed E-state index contributed by atoms with van der Waals surface area (Å²) >= 11 is 0. The van der Waals surface area contributed by atoms with E-state index in [4.69, 9.17) is 4.74 Å². The topological polar surface area (TPSA) is 112 Å². The molecule has 4 atom stereocenters. The molecule has 4 unspecified atom stereocenters. The molecular formula is C47H34O7. The van der Waals surface area contributed by atoms with Crippen molar-refractivity contribution < 1.29 is 33.5 Å². The average molecular weight is 711 g/mol. The molecule has 0 aromatic heterocycles. The van der Waals surface area contributed by atoms with Gasteiger partial charge in [0.1, 0.15) is 12.5 Å². The van der Waals surface area contributed by atoms with Crippen LogP contribution in [0.5, 0.6) is 0 Å². The third kappa shape index (κ3) is 6.99. The minimum atomic E-state index is -1.19. The standard InChI is InChI=1S/C24H18O4.C23H16O3/c25-22-18-13-7-8-14-19(18)23(26)21(20(22)17-11-5-2-6-12-17)24(27)28-15-16-9-3-1-4-10-16;24-21(16-11-5-2-6-12-16)20-19(15-9-3-1-4-10-15)22(25)17-13-7-8-14-18(17)23(20)26/h1-14,20-21H,15H2;1-14,19-20H. The molecule has 0 amide bonds. The van der Waals surface area contributed by atoms with E-state index in [9.17, 15) is 28.8 Å². The molecule has 0 saturated heterocycles. The molecule has 264 valence electrons. The van der Waals surface area contributed by atoms with Crippen LogP contribution in [0.1, 0.15) is 80.3 Å². The Morgan fingerprint density at radius 2 is 0.759 bits per heavy atom. The van der Waals surface area contributed by atoms with Gasteiger partial charge >= 0.3 is 5.97 Å². The molecule has 7 heteroatoms. The minimum Gasteiger partial charge on any atom is -0.460 e. The number of rotatable bonds is 7. The maximum Gasteiger partial charge on any atom is 0.318 e. The summed E-state index contributed by atoms with van der Waals surface area (Å²) in [6.07, 6.45) is 0. The number of carbonyl (C=O) groups is 6. The Hall–Kier alpha value is -6.86. The highest BCUT2D eigenvalue weighted by Gasteiger charge is 2.48. The van der Waals surface area contributed by atoms with Gasteiger partial charge in [-0.2, -0.15) is 0 Å². The van der Waals surface area contributed by atoms with Crippen LogP contribution < -0.4 is 0 Å². The van der Waals surface area contributed by atoms with Gasteiger partial charge in [-0.05, 0) is 16.7 Å². The second-order valence-corrected chi connectivity index (χ2v) is 13.1. The predicted molar refractivity (Wildman–Crippen MR) is 203 cm³/mol. The fraction of sp³-hybridized carbons (Fsp3) is 0.106. The molecule has 0 bridgehead atoms. The summed E-state index contributed by atoms with van der Waals surface area (Å²) in [7, 11) is 0. The molecule has 0 aliphatic heterocycles. The zero-order chi connectivity index (χ0) is 37.6. The monoisotopic (exact) mass is 710 g/mol. The highest BCUT2D eigenvalue weighted by molar-refractivity contribution is 6.27. The number of ether oxygens (including phenoxy) is 1. The van der Waals surface area contributed by atoms with Crippen LogP contribution in [0.2, 0.25) is 0 Å². The van der Waals surface area contributed by atoms with Crippen molar-refractivity contribution >= 4 is 34.9 Å². The smallest absolute Gasteiger partial charge is 0.318 e. The molecule has 6 aromatic rings. The fourth-order valence-electron chi connectivity index (χ4n) is 7.22. The van der Waals surface area contributed by atoms with E-state index < -0.39 is 29.6 Å². The first-order chi connectivity index (χ1) is 26.3. The molecule has 0 spiro atoms. The van der Waals surface area contributed by atoms with Crippen LogP contribution in [0, 0.1) is 11.8 Å². The van der Waals surface area contributed by atoms with E-state index in [1.54, 1.807) is 109 Å². The molecule has 0 radical (unpaired) electrons. The molecular weight excluding hydrogens is 677 g/mol. The first kappa shape index (κ1) is 35.5. The van der Waals surface area contributed by atoms with Crippen molar-refractivity contribution in [3.63, 3.8) is 0 Å². The van der Waals surface area contributed by atoms with Crippen LogP contribution in [-0.4, -0.2) is 34.9 Å². The maximum absolute atomic E-state index is 13.2. The van der Waals surface area contributed by atoms with Crippen molar-refractivity contribution in [2.45, 2.75) is 18.4 Å². The van der Waals surface area contributed by atoms with E-state index in [-0.39, 0.29) is 41.1 Å². The lowest BCUT2D eigenvalue weighted by Gasteiger charge is -2.30. The van der Waals surface area contributed by atoms with E-state index in [0.717, 1.165) is 5.56 Å². The van der Waals surface area contributed by atoms with E-state index in [1.165, 1.54) is 0 Å². The summed E-state index contributed by atoms with van der Waals surface area (Å²) in [6.45, 7) is 0.0563. The van der Waals surface area contributed by atoms with Crippen molar-refractivity contribution in [2.75, 3.05) is 0 Å². The molecule has 0 saturated carbocycles. The lowest BCUT2D eigenvalue weighted by Crippen LogP contribution is -2.40. The van der Waals surface area contributed by atoms with E-state index >= 15 is 0 Å². The number of benzene rings is 6. The van der Waals surface area contributed by atoms with Crippen molar-refractivity contribution in [1.82, 2.24) is 0 Å². The largest absolute Gasteiger partial charge is 0.460 e. The summed E-state index contributed by atoms with van der Waals surface area (Å²) in [4.78, 5) is 78.8. The number of Topliss-reactive ketones (excluding diaryl/α,β-unsaturated/α-hetero) is 5. The summed E-state index contributed by atoms with van der Waals surface area (Å²) in [5.74, 6) is -5.97. The Bertz CT molecular complexity index is 2350. The molecule has 2 aliphatic carbocycles. The van der Waals surface area contributed by atoms with Crippen LogP contribution in [0.15, 0.2) is 170 Å². The highest BCUT2D eigenvalue weighted by Crippen LogP contribution is 2.40. The number of fused-ring (bicyclic) bond motifs is 2. The molecule has 0 fully saturated rings. The third-order valence-corrected chi connectivity index (χ3v) is 9.85. The quantitative estimate of drug-likeness (QED) is 0.0927. The van der Waals surface area contributed by atoms with Crippen molar-refractivity contribution in [3.05, 3.63) is 214 Å². The van der Waals surface area contributed by atoms with Gasteiger partial charge in [0.2, 0.25) is 0 Å². The Morgan fingerprint density at radius 1 is 0.407 bits per heavy atom. The minimum absolute atomic E-state index is 0.0563. The van der Waals surface area contributed by atoms with Gasteiger partial charge < -0.3 is 4.74 Å². The van der Waals surface area contributed by atoms with Gasteiger partial charge in [-0.1, -0.05) is 170 Å². The Morgan fingerprint density at radius 3 is 1.22 bits per heavy atom. The summed E-state index contributed by atoms with van der Waals surface area (Å²) in [5.41, 5.74) is 3.95. The Labute approximate surface area is 312 Å². The Kier molecular flexibility index (Phi) is 10.4. The van der Waals surface area contributed by atoms with Crippen molar-refractivity contribution in [1.29, 1.82) is 0 Å². The van der Waals surface area contributed by atoms with E-state index in [0.29, 0.717) is 33.4 Å². The molecule has 0 heterocycles. The van der Waals surface area contributed by atoms with Crippen molar-refractivity contribution in [2.24, 2.45) is 11.8 Å². The number of carbonyl (C=O) groups excluding carboxylic acids is 6. The lowest BCUT2D eigenvalue weighted by molar-refractivity contribution is -0.148. The number of hydrogen-bond acceptors (Lipinski definition) is 7. The number of hydrogen-bond donors (Lipinski definition) is 0. The second-order valence-electron chi connectivity index (χ2n) is 13.1. The van der Waals surface area contributed by atoms with Gasteiger partial charge in [-0.3, -0.25) is 28.8 Å². The van der Waals surface area contributed by atoms with Crippen LogP contribution in [-0.2, 0) is 16.1 Å². The highest BCUT2D eigenvalue weighted by atomic mass is 16.5. The SMILES string of the molecule is O=C(OCc1ccccc1)C1C(=O)c2ccccc2C(=O)C1c1ccccc1.O=C(c1ccccc1)C1C(=O)c2ccccc2C(=O)C1c1ccccc1. The van der Waals surface area contributed by atoms with Crippen LogP contribution in [0.3, 0.4) is 0 Å². The summed E-state index contributed by atoms with van der Waals surface area (Å²) in [6, 6.07) is 49.4. The van der Waals surface area contributed by atoms with Gasteiger partial charge in [-0.15, -0.1) is 0 Å². The second kappa shape index (κ2) is 15.8. The zero-order valence-electron chi connectivity index (χ0n) is 29.0. The predicted octanol–water partition coefficient (Wildman–Crippen LogP) is 8.56. The van der Waals surface area contributed by atoms with Gasteiger partial charge in [0.15, 0.2) is 28.9 Å². The molecule has 6 aromatic carbocycles. The van der Waals surface area contributed by atoms with Gasteiger partial charge in [0.25, 0.3) is 0 Å². The van der Waals surface area contributed by atoms with Crippen molar-refractivity contribution in [3.8, 4) is 0 Å². The van der Waals surface area contributed by atoms with Crippen LogP contribution in [0.4, 0.5) is 0 Å². The lowest BCUT2D eigenvalue weighted by atomic mass is 9.68. The number of esters is 1. The fourth-order valence-corrected chi connectivity index (χ4v) is 7.22. The average Bonchev–Trinajstić information content (AvgIpc) is 3.23. The van der Waals surface area contributed by atoms with Crippen LogP contribution in [0.25, 0.3) is 0 Å². The maximum atomic E-state index is 13.2. The van der Waals surface area contributed by atoms with Crippen LogP contribution >= 0.6 is 0 Å². The molecule has 2 aliphatic rings. The van der Waals surface area contributed by atoms with Gasteiger partial charge in [0, 0.05) is 27.8 Å². The Balaban J connectivity index is 0.000000167. The zero-order valence-corrected chi connectivity index (χ0v) is 29.0.